The Morgan fingerprint density at radius 1 is 1.25 bits per heavy atom. The number of carbonyl (C=O) groups is 1. The molecule has 1 N–H and O–H groups in total. The van der Waals surface area contributed by atoms with E-state index in [1.54, 1.807) is 13.2 Å². The summed E-state index contributed by atoms with van der Waals surface area (Å²) in [4.78, 5) is 29.5. The number of aromatic nitrogens is 2. The van der Waals surface area contributed by atoms with E-state index < -0.39 is 0 Å². The van der Waals surface area contributed by atoms with Crippen LogP contribution in [0.1, 0.15) is 18.0 Å². The van der Waals surface area contributed by atoms with E-state index >= 15 is 0 Å². The molecule has 2 aliphatic rings. The van der Waals surface area contributed by atoms with Crippen LogP contribution in [0.3, 0.4) is 0 Å². The van der Waals surface area contributed by atoms with E-state index in [1.165, 1.54) is 0 Å². The summed E-state index contributed by atoms with van der Waals surface area (Å²) in [6.45, 7) is 3.10. The zero-order chi connectivity index (χ0) is 19.5. The quantitative estimate of drug-likeness (QED) is 0.634. The van der Waals surface area contributed by atoms with Crippen molar-refractivity contribution < 1.29 is 4.79 Å². The maximum atomic E-state index is 12.5. The van der Waals surface area contributed by atoms with Crippen molar-refractivity contribution in [3.8, 4) is 11.4 Å². The third-order valence-corrected chi connectivity index (χ3v) is 5.44. The van der Waals surface area contributed by atoms with Crippen molar-refractivity contribution >= 4 is 24.0 Å². The van der Waals surface area contributed by atoms with Crippen LogP contribution in [0.2, 0.25) is 5.02 Å². The van der Waals surface area contributed by atoms with Crippen molar-refractivity contribution in [2.45, 2.75) is 18.4 Å². The van der Waals surface area contributed by atoms with Gasteiger partial charge in [0.05, 0.1) is 12.0 Å². The number of nitrogens with zero attached hydrogens (tertiary/aromatic N) is 5. The molecule has 8 heteroatoms. The molecular formula is C20H23ClN6O. The number of carbonyl (C=O) groups excluding carboxylic acids is 1. The molecule has 4 rings (SSSR count). The number of hydrogen-bond donors (Lipinski definition) is 1. The van der Waals surface area contributed by atoms with Crippen molar-refractivity contribution in [1.82, 2.24) is 25.1 Å². The third kappa shape index (κ3) is 4.09. The van der Waals surface area contributed by atoms with Gasteiger partial charge in [0, 0.05) is 62.0 Å². The molecule has 0 radical (unpaired) electrons. The van der Waals surface area contributed by atoms with Crippen LogP contribution in [0.4, 0.5) is 4.79 Å². The summed E-state index contributed by atoms with van der Waals surface area (Å²) in [6, 6.07) is 9.60. The number of benzene rings is 1. The SMILES string of the molecule is CN=CN1CC[C@@H](NC(=O)N2CC(c3ccnc(-c4ccc(Cl)cc4)n3)C2)C1. The van der Waals surface area contributed by atoms with Gasteiger partial charge in [-0.05, 0) is 36.8 Å². The van der Waals surface area contributed by atoms with Crippen LogP contribution in [-0.2, 0) is 0 Å². The molecule has 0 bridgehead atoms. The Kier molecular flexibility index (Phi) is 5.43. The molecule has 2 amide bonds. The number of likely N-dealkylation sites (tertiary alicyclic amines) is 2. The second-order valence-electron chi connectivity index (χ2n) is 7.22. The monoisotopic (exact) mass is 398 g/mol. The lowest BCUT2D eigenvalue weighted by molar-refractivity contribution is 0.147. The first kappa shape index (κ1) is 18.7. The van der Waals surface area contributed by atoms with Crippen molar-refractivity contribution in [3.05, 3.63) is 47.2 Å². The predicted octanol–water partition coefficient (Wildman–Crippen LogP) is 2.64. The largest absolute Gasteiger partial charge is 0.361 e. The highest BCUT2D eigenvalue weighted by Crippen LogP contribution is 2.27. The summed E-state index contributed by atoms with van der Waals surface area (Å²) in [5.41, 5.74) is 1.90. The van der Waals surface area contributed by atoms with Crippen LogP contribution >= 0.6 is 11.6 Å². The van der Waals surface area contributed by atoms with Crippen molar-refractivity contribution in [2.24, 2.45) is 4.99 Å². The fourth-order valence-electron chi connectivity index (χ4n) is 3.61. The second kappa shape index (κ2) is 8.14. The van der Waals surface area contributed by atoms with Crippen molar-refractivity contribution in [3.63, 3.8) is 0 Å². The Hall–Kier alpha value is -2.67. The van der Waals surface area contributed by atoms with Gasteiger partial charge in [0.15, 0.2) is 5.82 Å². The summed E-state index contributed by atoms with van der Waals surface area (Å²) >= 11 is 5.95. The number of aliphatic imine (C=N–C) groups is 1. The van der Waals surface area contributed by atoms with Gasteiger partial charge in [0.25, 0.3) is 0 Å². The molecule has 1 aromatic heterocycles. The van der Waals surface area contributed by atoms with E-state index in [-0.39, 0.29) is 18.0 Å². The van der Waals surface area contributed by atoms with Crippen molar-refractivity contribution in [2.75, 3.05) is 33.2 Å². The first-order valence-corrected chi connectivity index (χ1v) is 9.81. The molecule has 3 heterocycles. The summed E-state index contributed by atoms with van der Waals surface area (Å²) in [6.07, 6.45) is 4.56. The summed E-state index contributed by atoms with van der Waals surface area (Å²) in [5.74, 6) is 0.924. The van der Waals surface area contributed by atoms with Gasteiger partial charge >= 0.3 is 6.03 Å². The standard InChI is InChI=1S/C20H23ClN6O/c1-22-13-26-9-7-17(12-26)24-20(28)27-10-15(11-27)18-6-8-23-19(25-18)14-2-4-16(21)5-3-14/h2-6,8,13,15,17H,7,9-12H2,1H3,(H,24,28)/t17-/m1/s1. The average molecular weight is 399 g/mol. The molecule has 28 heavy (non-hydrogen) atoms. The Labute approximate surface area is 169 Å². The molecule has 0 spiro atoms. The molecule has 7 nitrogen and oxygen atoms in total. The van der Waals surface area contributed by atoms with Crippen LogP contribution < -0.4 is 5.32 Å². The lowest BCUT2D eigenvalue weighted by Crippen LogP contribution is -2.55. The van der Waals surface area contributed by atoms with E-state index in [0.29, 0.717) is 23.9 Å². The highest BCUT2D eigenvalue weighted by Gasteiger charge is 2.34. The highest BCUT2D eigenvalue weighted by atomic mass is 35.5. The third-order valence-electron chi connectivity index (χ3n) is 5.19. The number of nitrogens with one attached hydrogen (secondary N) is 1. The number of halogens is 1. The highest BCUT2D eigenvalue weighted by molar-refractivity contribution is 6.30. The Morgan fingerprint density at radius 3 is 2.79 bits per heavy atom. The minimum absolute atomic E-state index is 0.00326. The lowest BCUT2D eigenvalue weighted by atomic mass is 9.96. The average Bonchev–Trinajstić information content (AvgIpc) is 3.08. The summed E-state index contributed by atoms with van der Waals surface area (Å²) < 4.78 is 0. The first-order valence-electron chi connectivity index (χ1n) is 9.43. The Balaban J connectivity index is 1.32. The topological polar surface area (TPSA) is 73.7 Å². The Bertz CT molecular complexity index is 865. The fourth-order valence-corrected chi connectivity index (χ4v) is 3.73. The molecule has 0 saturated carbocycles. The molecule has 0 unspecified atom stereocenters. The molecule has 1 aromatic carbocycles. The van der Waals surface area contributed by atoms with Gasteiger partial charge in [-0.1, -0.05) is 11.6 Å². The minimum Gasteiger partial charge on any atom is -0.361 e. The zero-order valence-corrected chi connectivity index (χ0v) is 16.5. The van der Waals surface area contributed by atoms with Crippen LogP contribution in [0.5, 0.6) is 0 Å². The van der Waals surface area contributed by atoms with E-state index in [4.69, 9.17) is 11.6 Å². The van der Waals surface area contributed by atoms with E-state index in [0.717, 1.165) is 30.8 Å². The molecule has 146 valence electrons. The van der Waals surface area contributed by atoms with Gasteiger partial charge in [-0.15, -0.1) is 0 Å². The molecule has 0 aliphatic carbocycles. The molecule has 1 atom stereocenters. The maximum Gasteiger partial charge on any atom is 0.317 e. The van der Waals surface area contributed by atoms with Gasteiger partial charge < -0.3 is 15.1 Å². The first-order chi connectivity index (χ1) is 13.6. The zero-order valence-electron chi connectivity index (χ0n) is 15.8. The normalized spacial score (nSPS) is 19.9. The number of urea groups is 1. The lowest BCUT2D eigenvalue weighted by Gasteiger charge is -2.39. The summed E-state index contributed by atoms with van der Waals surface area (Å²) in [7, 11) is 1.76. The van der Waals surface area contributed by atoms with Crippen molar-refractivity contribution in [1.29, 1.82) is 0 Å². The van der Waals surface area contributed by atoms with Gasteiger partial charge in [0.1, 0.15) is 0 Å². The number of hydrogen-bond acceptors (Lipinski definition) is 4. The predicted molar refractivity (Wildman–Crippen MR) is 110 cm³/mol. The number of rotatable bonds is 4. The van der Waals surface area contributed by atoms with E-state index in [1.807, 2.05) is 41.6 Å². The van der Waals surface area contributed by atoms with Gasteiger partial charge in [-0.3, -0.25) is 4.99 Å². The summed E-state index contributed by atoms with van der Waals surface area (Å²) in [5, 5.41) is 3.81. The van der Waals surface area contributed by atoms with E-state index in [9.17, 15) is 4.79 Å². The van der Waals surface area contributed by atoms with Crippen LogP contribution in [0, 0.1) is 0 Å². The van der Waals surface area contributed by atoms with Gasteiger partial charge in [0.2, 0.25) is 0 Å². The fraction of sp³-hybridized carbons (Fsp3) is 0.400. The molecule has 2 saturated heterocycles. The Morgan fingerprint density at radius 2 is 2.04 bits per heavy atom. The van der Waals surface area contributed by atoms with Crippen LogP contribution in [0.25, 0.3) is 11.4 Å². The van der Waals surface area contributed by atoms with Gasteiger partial charge in [-0.25, -0.2) is 14.8 Å². The van der Waals surface area contributed by atoms with Crippen LogP contribution in [-0.4, -0.2) is 71.4 Å². The minimum atomic E-state index is 0.00326. The molecular weight excluding hydrogens is 376 g/mol. The van der Waals surface area contributed by atoms with E-state index in [2.05, 4.69) is 25.2 Å². The second-order valence-corrected chi connectivity index (χ2v) is 7.65. The molecule has 2 aromatic rings. The van der Waals surface area contributed by atoms with Gasteiger partial charge in [-0.2, -0.15) is 0 Å². The molecule has 2 fully saturated rings. The smallest absolute Gasteiger partial charge is 0.317 e. The number of amides is 2. The maximum absolute atomic E-state index is 12.5. The molecule has 2 aliphatic heterocycles. The van der Waals surface area contributed by atoms with Crippen LogP contribution in [0.15, 0.2) is 41.5 Å².